The highest BCUT2D eigenvalue weighted by atomic mass is 35.5. The van der Waals surface area contributed by atoms with Gasteiger partial charge in [0.2, 0.25) is 5.91 Å². The average molecular weight is 332 g/mol. The summed E-state index contributed by atoms with van der Waals surface area (Å²) >= 11 is 6.09. The van der Waals surface area contributed by atoms with Crippen LogP contribution in [0.3, 0.4) is 0 Å². The van der Waals surface area contributed by atoms with Crippen molar-refractivity contribution in [3.8, 4) is 11.5 Å². The number of hydrogen-bond acceptors (Lipinski definition) is 3. The molecule has 0 saturated heterocycles. The summed E-state index contributed by atoms with van der Waals surface area (Å²) in [5, 5.41) is 3.62. The SMILES string of the molecule is O=C(CCc1ccccc1Cl)NCc1ccc2c(c1)OCCO2. The number of carbonyl (C=O) groups is 1. The molecule has 0 radical (unpaired) electrons. The van der Waals surface area contributed by atoms with Crippen LogP contribution in [-0.4, -0.2) is 19.1 Å². The minimum atomic E-state index is -0.000177. The molecule has 1 aliphatic heterocycles. The van der Waals surface area contributed by atoms with Crippen molar-refractivity contribution < 1.29 is 14.3 Å². The molecular formula is C18H18ClNO3. The number of hydrogen-bond donors (Lipinski definition) is 1. The van der Waals surface area contributed by atoms with Gasteiger partial charge in [-0.15, -0.1) is 0 Å². The molecule has 0 saturated carbocycles. The van der Waals surface area contributed by atoms with Gasteiger partial charge in [0.15, 0.2) is 11.5 Å². The zero-order chi connectivity index (χ0) is 16.1. The van der Waals surface area contributed by atoms with Gasteiger partial charge in [-0.25, -0.2) is 0 Å². The van der Waals surface area contributed by atoms with E-state index in [1.807, 2.05) is 42.5 Å². The molecule has 1 heterocycles. The molecule has 1 N–H and O–H groups in total. The highest BCUT2D eigenvalue weighted by molar-refractivity contribution is 6.31. The minimum absolute atomic E-state index is 0.000177. The molecule has 0 aromatic heterocycles. The third-order valence-electron chi connectivity index (χ3n) is 3.68. The lowest BCUT2D eigenvalue weighted by molar-refractivity contribution is -0.121. The number of halogens is 1. The predicted octanol–water partition coefficient (Wildman–Crippen LogP) is 3.36. The predicted molar refractivity (Wildman–Crippen MR) is 89.1 cm³/mol. The van der Waals surface area contributed by atoms with Crippen molar-refractivity contribution in [3.63, 3.8) is 0 Å². The first-order chi connectivity index (χ1) is 11.2. The molecule has 3 rings (SSSR count). The molecule has 0 spiro atoms. The largest absolute Gasteiger partial charge is 0.486 e. The van der Waals surface area contributed by atoms with E-state index in [2.05, 4.69) is 5.32 Å². The van der Waals surface area contributed by atoms with Gasteiger partial charge in [-0.05, 0) is 35.7 Å². The highest BCUT2D eigenvalue weighted by Gasteiger charge is 2.12. The molecule has 1 aliphatic rings. The Balaban J connectivity index is 1.50. The van der Waals surface area contributed by atoms with Gasteiger partial charge in [0.25, 0.3) is 0 Å². The lowest BCUT2D eigenvalue weighted by Gasteiger charge is -2.19. The van der Waals surface area contributed by atoms with Gasteiger partial charge in [0.1, 0.15) is 13.2 Å². The summed E-state index contributed by atoms with van der Waals surface area (Å²) in [5.41, 5.74) is 1.98. The van der Waals surface area contributed by atoms with Crippen LogP contribution in [0.1, 0.15) is 17.5 Å². The van der Waals surface area contributed by atoms with Crippen LogP contribution >= 0.6 is 11.6 Å². The smallest absolute Gasteiger partial charge is 0.220 e. The summed E-state index contributed by atoms with van der Waals surface area (Å²) < 4.78 is 11.0. The zero-order valence-corrected chi connectivity index (χ0v) is 13.4. The number of nitrogens with one attached hydrogen (secondary N) is 1. The molecule has 2 aromatic rings. The molecule has 0 aliphatic carbocycles. The summed E-state index contributed by atoms with van der Waals surface area (Å²) in [6.07, 6.45) is 1.04. The normalized spacial score (nSPS) is 12.7. The van der Waals surface area contributed by atoms with E-state index in [1.165, 1.54) is 0 Å². The van der Waals surface area contributed by atoms with Gasteiger partial charge in [-0.3, -0.25) is 4.79 Å². The Morgan fingerprint density at radius 1 is 1.09 bits per heavy atom. The topological polar surface area (TPSA) is 47.6 Å². The van der Waals surface area contributed by atoms with Crippen molar-refractivity contribution >= 4 is 17.5 Å². The molecule has 0 fully saturated rings. The first-order valence-corrected chi connectivity index (χ1v) is 7.99. The number of ether oxygens (including phenoxy) is 2. The summed E-state index contributed by atoms with van der Waals surface area (Å²) in [5.74, 6) is 1.49. The van der Waals surface area contributed by atoms with Crippen LogP contribution in [-0.2, 0) is 17.8 Å². The number of rotatable bonds is 5. The van der Waals surface area contributed by atoms with E-state index in [0.717, 1.165) is 22.6 Å². The first kappa shape index (κ1) is 15.7. The molecule has 1 amide bonds. The van der Waals surface area contributed by atoms with E-state index in [-0.39, 0.29) is 5.91 Å². The summed E-state index contributed by atoms with van der Waals surface area (Å²) in [7, 11) is 0. The Bertz CT molecular complexity index is 702. The molecule has 4 nitrogen and oxygen atoms in total. The Morgan fingerprint density at radius 3 is 2.70 bits per heavy atom. The van der Waals surface area contributed by atoms with Gasteiger partial charge in [-0.2, -0.15) is 0 Å². The van der Waals surface area contributed by atoms with E-state index in [1.54, 1.807) is 0 Å². The van der Waals surface area contributed by atoms with E-state index in [0.29, 0.717) is 37.6 Å². The number of amides is 1. The fourth-order valence-corrected chi connectivity index (χ4v) is 2.67. The Hall–Kier alpha value is -2.20. The second-order valence-electron chi connectivity index (χ2n) is 5.35. The highest BCUT2D eigenvalue weighted by Crippen LogP contribution is 2.30. The van der Waals surface area contributed by atoms with Crippen LogP contribution in [0.15, 0.2) is 42.5 Å². The molecule has 0 unspecified atom stereocenters. The van der Waals surface area contributed by atoms with Crippen LogP contribution < -0.4 is 14.8 Å². The van der Waals surface area contributed by atoms with Crippen molar-refractivity contribution in [2.24, 2.45) is 0 Å². The van der Waals surface area contributed by atoms with Gasteiger partial charge < -0.3 is 14.8 Å². The van der Waals surface area contributed by atoms with Crippen molar-refractivity contribution in [2.45, 2.75) is 19.4 Å². The number of fused-ring (bicyclic) bond motifs is 1. The second-order valence-corrected chi connectivity index (χ2v) is 5.75. The van der Waals surface area contributed by atoms with E-state index >= 15 is 0 Å². The fraction of sp³-hybridized carbons (Fsp3) is 0.278. The zero-order valence-electron chi connectivity index (χ0n) is 12.7. The third-order valence-corrected chi connectivity index (χ3v) is 4.04. The van der Waals surface area contributed by atoms with Crippen LogP contribution in [0.2, 0.25) is 5.02 Å². The van der Waals surface area contributed by atoms with E-state index in [4.69, 9.17) is 21.1 Å². The Kier molecular flexibility index (Phi) is 5.03. The summed E-state index contributed by atoms with van der Waals surface area (Å²) in [6.45, 7) is 1.60. The molecule has 120 valence electrons. The molecule has 23 heavy (non-hydrogen) atoms. The maximum absolute atomic E-state index is 12.0. The van der Waals surface area contributed by atoms with Gasteiger partial charge in [0, 0.05) is 18.0 Å². The van der Waals surface area contributed by atoms with Gasteiger partial charge in [-0.1, -0.05) is 35.9 Å². The number of aryl methyl sites for hydroxylation is 1. The van der Waals surface area contributed by atoms with E-state index < -0.39 is 0 Å². The van der Waals surface area contributed by atoms with Crippen molar-refractivity contribution in [1.29, 1.82) is 0 Å². The van der Waals surface area contributed by atoms with Gasteiger partial charge in [0.05, 0.1) is 0 Å². The second kappa shape index (κ2) is 7.38. The third kappa shape index (κ3) is 4.17. The quantitative estimate of drug-likeness (QED) is 0.914. The standard InChI is InChI=1S/C18H18ClNO3/c19-15-4-2-1-3-14(15)6-8-18(21)20-12-13-5-7-16-17(11-13)23-10-9-22-16/h1-5,7,11H,6,8-10,12H2,(H,20,21). The first-order valence-electron chi connectivity index (χ1n) is 7.61. The van der Waals surface area contributed by atoms with Crippen molar-refractivity contribution in [3.05, 3.63) is 58.6 Å². The average Bonchev–Trinajstić information content (AvgIpc) is 2.59. The molecule has 0 bridgehead atoms. The van der Waals surface area contributed by atoms with Crippen LogP contribution in [0.25, 0.3) is 0 Å². The Labute approximate surface area is 140 Å². The molecule has 2 aromatic carbocycles. The van der Waals surface area contributed by atoms with Crippen molar-refractivity contribution in [1.82, 2.24) is 5.32 Å². The van der Waals surface area contributed by atoms with Crippen molar-refractivity contribution in [2.75, 3.05) is 13.2 Å². The van der Waals surface area contributed by atoms with Crippen LogP contribution in [0, 0.1) is 0 Å². The maximum Gasteiger partial charge on any atom is 0.220 e. The monoisotopic (exact) mass is 331 g/mol. The number of benzene rings is 2. The molecule has 5 heteroatoms. The lowest BCUT2D eigenvalue weighted by Crippen LogP contribution is -2.23. The fourth-order valence-electron chi connectivity index (χ4n) is 2.44. The summed E-state index contributed by atoms with van der Waals surface area (Å²) in [4.78, 5) is 12.0. The maximum atomic E-state index is 12.0. The minimum Gasteiger partial charge on any atom is -0.486 e. The number of carbonyl (C=O) groups excluding carboxylic acids is 1. The van der Waals surface area contributed by atoms with E-state index in [9.17, 15) is 4.79 Å². The lowest BCUT2D eigenvalue weighted by atomic mass is 10.1. The van der Waals surface area contributed by atoms with Crippen LogP contribution in [0.5, 0.6) is 11.5 Å². The Morgan fingerprint density at radius 2 is 1.87 bits per heavy atom. The summed E-state index contributed by atoms with van der Waals surface area (Å²) in [6, 6.07) is 13.3. The molecular weight excluding hydrogens is 314 g/mol. The van der Waals surface area contributed by atoms with Gasteiger partial charge >= 0.3 is 0 Å². The molecule has 0 atom stereocenters. The van der Waals surface area contributed by atoms with Crippen LogP contribution in [0.4, 0.5) is 0 Å².